The molecule has 128 heavy (non-hydrogen) atoms. The van der Waals surface area contributed by atoms with E-state index in [2.05, 4.69) is 415 Å². The predicted octanol–water partition coefficient (Wildman–Crippen LogP) is 30.5. The zero-order valence-corrected chi connectivity index (χ0v) is 72.5. The second kappa shape index (κ2) is 37.2. The summed E-state index contributed by atoms with van der Waals surface area (Å²) in [6.45, 7) is 6.65. The van der Waals surface area contributed by atoms with Crippen LogP contribution in [0, 0.1) is 38.5 Å². The summed E-state index contributed by atoms with van der Waals surface area (Å²) < 4.78 is 28.1. The standard InChI is InChI=1S/C50H36N2.C49H35N3.C11H6F2N.C6H5NO2.Ir/c1-33-31-35(51-47-23-11-7-19-43(47)39-15-3-4-16-40(39)44-20-8-12-24-48(44)51)27-29-37(33)38-30-28-36(32-34(38)2)52-49-25-13-9-21-45(49)41-17-5-6-18-42(41)46-22-10-14-26-50(46)52;1-34-20-17-18-32-41(34)52-48-40(31-19-33-50-48)51-49(52)47-45(38-27-13-5-14-28-38)43(36-23-9-3-10-24-36)42(35-21-7-2-8-22-35)44(37-25-11-4-12-26-37)46(47)39-29-15-6-16-30-39;12-8-4-5-9(10(13)7-8)11-3-1-2-6-14-11;8-6(9)5-3-1-2-4-7-5;/h3-32H,1-2H3;2-33H,1H3;1-4,6-7H;1-4H,(H,8,9);/q;;-1;;. The number of aromatic nitrogens is 5. The molecule has 0 aliphatic carbocycles. The molecular weight excluding hydrogens is 1750 g/mol. The molecular formula is C116H82F2IrN7O2-. The number of benzene rings is 16. The summed E-state index contributed by atoms with van der Waals surface area (Å²) in [5.74, 6) is -1.43. The van der Waals surface area contributed by atoms with Gasteiger partial charge >= 0.3 is 5.97 Å². The quantitative estimate of drug-likeness (QED) is 0.121. The number of para-hydroxylation sites is 5. The first-order chi connectivity index (χ1) is 62.5. The molecule has 0 saturated heterocycles. The van der Waals surface area contributed by atoms with Gasteiger partial charge in [0.05, 0.1) is 28.4 Å². The Balaban J connectivity index is 0.000000137. The third kappa shape index (κ3) is 16.3. The third-order valence-corrected chi connectivity index (χ3v) is 23.3. The molecule has 12 heteroatoms. The van der Waals surface area contributed by atoms with Crippen molar-refractivity contribution in [1.82, 2.24) is 24.5 Å². The van der Waals surface area contributed by atoms with Crippen molar-refractivity contribution in [3.8, 4) is 140 Å². The zero-order chi connectivity index (χ0) is 86.3. The van der Waals surface area contributed by atoms with Crippen molar-refractivity contribution in [3.05, 3.63) is 477 Å². The molecule has 0 unspecified atom stereocenters. The van der Waals surface area contributed by atoms with Crippen LogP contribution >= 0.6 is 0 Å². The fourth-order valence-electron chi connectivity index (χ4n) is 17.7. The minimum atomic E-state index is -0.990. The molecule has 22 rings (SSSR count). The molecule has 0 bridgehead atoms. The van der Waals surface area contributed by atoms with E-state index in [1.807, 2.05) is 12.3 Å². The maximum Gasteiger partial charge on any atom is 0.354 e. The molecule has 0 amide bonds. The normalized spacial score (nSPS) is 11.3. The summed E-state index contributed by atoms with van der Waals surface area (Å²) >= 11 is 0. The largest absolute Gasteiger partial charge is 0.477 e. The Morgan fingerprint density at radius 2 is 0.656 bits per heavy atom. The number of anilines is 6. The van der Waals surface area contributed by atoms with Gasteiger partial charge in [0.2, 0.25) is 0 Å². The summed E-state index contributed by atoms with van der Waals surface area (Å²) in [5, 5.41) is 8.32. The number of nitrogens with zero attached hydrogens (tertiary/aromatic N) is 7. The molecule has 0 fully saturated rings. The molecule has 16 aromatic carbocycles. The second-order valence-electron chi connectivity index (χ2n) is 31.1. The van der Waals surface area contributed by atoms with E-state index in [1.165, 1.54) is 107 Å². The van der Waals surface area contributed by atoms with Crippen molar-refractivity contribution in [2.24, 2.45) is 0 Å². The third-order valence-electron chi connectivity index (χ3n) is 23.3. The Bertz CT molecular complexity index is 7010. The maximum absolute atomic E-state index is 13.2. The Labute approximate surface area is 756 Å². The van der Waals surface area contributed by atoms with Crippen LogP contribution in [0.1, 0.15) is 27.2 Å². The molecule has 0 atom stereocenters. The number of carboxylic acids is 1. The van der Waals surface area contributed by atoms with Crippen LogP contribution in [-0.2, 0) is 20.1 Å². The van der Waals surface area contributed by atoms with Crippen LogP contribution in [0.3, 0.4) is 0 Å². The number of pyridine rings is 3. The van der Waals surface area contributed by atoms with Crippen LogP contribution in [0.25, 0.3) is 151 Å². The van der Waals surface area contributed by atoms with Gasteiger partial charge in [-0.15, -0.1) is 12.1 Å². The molecule has 0 spiro atoms. The van der Waals surface area contributed by atoms with Gasteiger partial charge in [0.25, 0.3) is 0 Å². The number of carboxylic acid groups (broad SMARTS) is 1. The number of aryl methyl sites for hydroxylation is 3. The minimum absolute atomic E-state index is 0. The molecule has 0 saturated carbocycles. The maximum atomic E-state index is 13.2. The fourth-order valence-corrected chi connectivity index (χ4v) is 17.7. The van der Waals surface area contributed by atoms with Crippen LogP contribution in [0.15, 0.2) is 437 Å². The van der Waals surface area contributed by atoms with Crippen LogP contribution < -0.4 is 9.80 Å². The van der Waals surface area contributed by atoms with E-state index < -0.39 is 17.6 Å². The van der Waals surface area contributed by atoms with Gasteiger partial charge in [0, 0.05) is 101 Å². The van der Waals surface area contributed by atoms with Crippen molar-refractivity contribution in [2.75, 3.05) is 9.80 Å². The summed E-state index contributed by atoms with van der Waals surface area (Å²) in [5.41, 5.74) is 39.0. The number of hydrogen-bond acceptors (Lipinski definition) is 7. The van der Waals surface area contributed by atoms with Crippen molar-refractivity contribution in [3.63, 3.8) is 0 Å². The van der Waals surface area contributed by atoms with Gasteiger partial charge in [0.1, 0.15) is 17.0 Å². The van der Waals surface area contributed by atoms with Crippen LogP contribution in [0.4, 0.5) is 42.9 Å². The van der Waals surface area contributed by atoms with Crippen LogP contribution in [-0.4, -0.2) is 35.6 Å². The average Bonchev–Trinajstić information content (AvgIpc) is 0.968. The number of halogens is 2. The Morgan fingerprint density at radius 3 is 1.01 bits per heavy atom. The monoisotopic (exact) mass is 1840 g/mol. The molecule has 1 radical (unpaired) electrons. The SMILES string of the molecule is Cc1cc(N2c3ccccc3-c3ccccc3-c3ccccc32)ccc1-c1ccc(N2c3ccccc3-c3ccccc3-c3ccccc32)cc1C.Cc1ccccc1-n1c(-c2c(-c3ccccc3)c(-c3ccccc3)c(-c3ccccc3)c(-c3ccccc3)c2-c2ccccc2)nc2cccnc21.Fc1c[c-]c(-c2ccccn2)c(F)c1.O=C(O)c1ccccn1.[Ir]. The molecule has 9 nitrogen and oxygen atoms in total. The number of fused-ring (bicyclic) bond motifs is 11. The fraction of sp³-hybridized carbons (Fsp3) is 0.0259. The Kier molecular flexibility index (Phi) is 24.1. The Hall–Kier alpha value is -16.0. The number of hydrogen-bond donors (Lipinski definition) is 1. The van der Waals surface area contributed by atoms with Crippen molar-refractivity contribution < 1.29 is 38.8 Å². The van der Waals surface area contributed by atoms with Gasteiger partial charge in [0.15, 0.2) is 5.65 Å². The summed E-state index contributed by atoms with van der Waals surface area (Å²) in [7, 11) is 0. The van der Waals surface area contributed by atoms with E-state index in [1.54, 1.807) is 36.5 Å². The predicted molar refractivity (Wildman–Crippen MR) is 515 cm³/mol. The smallest absolute Gasteiger partial charge is 0.354 e. The molecule has 4 aromatic heterocycles. The van der Waals surface area contributed by atoms with E-state index in [0.717, 1.165) is 107 Å². The van der Waals surface area contributed by atoms with Crippen LogP contribution in [0.2, 0.25) is 0 Å². The molecule has 20 aromatic rings. The van der Waals surface area contributed by atoms with Gasteiger partial charge < -0.3 is 19.9 Å². The number of carbonyl (C=O) groups is 1. The molecule has 2 aliphatic heterocycles. The summed E-state index contributed by atoms with van der Waals surface area (Å²) in [4.78, 5) is 33.1. The van der Waals surface area contributed by atoms with E-state index >= 15 is 0 Å². The van der Waals surface area contributed by atoms with Gasteiger partial charge in [-0.1, -0.05) is 333 Å². The molecule has 1 N–H and O–H groups in total. The summed E-state index contributed by atoms with van der Waals surface area (Å²) in [6, 6.07) is 148. The van der Waals surface area contributed by atoms with E-state index in [9.17, 15) is 13.6 Å². The van der Waals surface area contributed by atoms with Gasteiger partial charge in [-0.05, 0) is 206 Å². The first-order valence-electron chi connectivity index (χ1n) is 42.2. The molecule has 6 heterocycles. The van der Waals surface area contributed by atoms with Crippen molar-refractivity contribution >= 4 is 51.3 Å². The van der Waals surface area contributed by atoms with E-state index in [0.29, 0.717) is 5.69 Å². The van der Waals surface area contributed by atoms with Crippen LogP contribution in [0.5, 0.6) is 0 Å². The second-order valence-corrected chi connectivity index (χ2v) is 31.1. The average molecular weight is 1840 g/mol. The first-order valence-corrected chi connectivity index (χ1v) is 42.2. The Morgan fingerprint density at radius 1 is 0.312 bits per heavy atom. The van der Waals surface area contributed by atoms with Gasteiger partial charge in [-0.2, -0.15) is 0 Å². The number of rotatable bonds is 12. The van der Waals surface area contributed by atoms with E-state index in [-0.39, 0.29) is 31.4 Å². The van der Waals surface area contributed by atoms with E-state index in [4.69, 9.17) is 15.1 Å². The number of imidazole rings is 1. The summed E-state index contributed by atoms with van der Waals surface area (Å²) in [6.07, 6.45) is 4.86. The first kappa shape index (κ1) is 82.9. The molecule has 617 valence electrons. The van der Waals surface area contributed by atoms with Gasteiger partial charge in [-0.25, -0.2) is 19.7 Å². The van der Waals surface area contributed by atoms with Gasteiger partial charge in [-0.3, -0.25) is 13.3 Å². The minimum Gasteiger partial charge on any atom is -0.477 e. The zero-order valence-electron chi connectivity index (χ0n) is 70.1. The number of aromatic carboxylic acids is 1. The van der Waals surface area contributed by atoms with Crippen molar-refractivity contribution in [1.29, 1.82) is 0 Å². The topological polar surface area (TPSA) is 100 Å². The van der Waals surface area contributed by atoms with Crippen molar-refractivity contribution in [2.45, 2.75) is 20.8 Å². The molecule has 2 aliphatic rings.